The summed E-state index contributed by atoms with van der Waals surface area (Å²) in [5.41, 5.74) is -0.289. The van der Waals surface area contributed by atoms with Gasteiger partial charge in [-0.2, -0.15) is 12.6 Å². The Balaban J connectivity index is 2.17. The van der Waals surface area contributed by atoms with Crippen molar-refractivity contribution in [2.24, 2.45) is 0 Å². The molecular weight excluding hydrogens is 278 g/mol. The Hall–Kier alpha value is -1.53. The molecule has 1 aromatic carbocycles. The van der Waals surface area contributed by atoms with Gasteiger partial charge in [0.05, 0.1) is 17.9 Å². The fourth-order valence-electron chi connectivity index (χ4n) is 2.64. The lowest BCUT2D eigenvalue weighted by molar-refractivity contribution is -0.147. The van der Waals surface area contributed by atoms with Crippen LogP contribution in [0.5, 0.6) is 0 Å². The number of likely N-dealkylation sites (tertiary alicyclic amines) is 1. The van der Waals surface area contributed by atoms with E-state index in [4.69, 9.17) is 0 Å². The van der Waals surface area contributed by atoms with E-state index in [1.807, 2.05) is 30.3 Å². The van der Waals surface area contributed by atoms with Crippen molar-refractivity contribution in [3.8, 4) is 0 Å². The van der Waals surface area contributed by atoms with Crippen LogP contribution in [0.2, 0.25) is 0 Å². The summed E-state index contributed by atoms with van der Waals surface area (Å²) >= 11 is 3.89. The van der Waals surface area contributed by atoms with Crippen LogP contribution in [0, 0.1) is 0 Å². The molecule has 1 aliphatic heterocycles. The molecule has 1 aromatic rings. The number of carboxylic acids is 1. The third-order valence-corrected chi connectivity index (χ3v) is 3.80. The first-order valence-corrected chi connectivity index (χ1v) is 6.98. The Morgan fingerprint density at radius 2 is 2.00 bits per heavy atom. The number of nitrogens with zero attached hydrogens (tertiary/aromatic N) is 1. The molecule has 1 amide bonds. The van der Waals surface area contributed by atoms with Gasteiger partial charge in [-0.25, -0.2) is 4.79 Å². The van der Waals surface area contributed by atoms with Gasteiger partial charge < -0.3 is 15.1 Å². The number of amides is 1. The second-order valence-electron chi connectivity index (χ2n) is 5.12. The van der Waals surface area contributed by atoms with E-state index in [-0.39, 0.29) is 24.6 Å². The topological polar surface area (TPSA) is 77.8 Å². The quantitative estimate of drug-likeness (QED) is 0.710. The van der Waals surface area contributed by atoms with Gasteiger partial charge in [0, 0.05) is 12.8 Å². The maximum absolute atomic E-state index is 11.7. The molecule has 2 N–H and O–H groups in total. The van der Waals surface area contributed by atoms with E-state index in [2.05, 4.69) is 12.6 Å². The van der Waals surface area contributed by atoms with Gasteiger partial charge in [0.2, 0.25) is 5.91 Å². The first-order chi connectivity index (χ1) is 9.45. The molecule has 0 spiro atoms. The Bertz CT molecular complexity index is 507. The smallest absolute Gasteiger partial charge is 0.326 e. The molecule has 1 aliphatic rings. The Kier molecular flexibility index (Phi) is 4.35. The number of aliphatic hydroxyl groups is 1. The number of hydrogen-bond acceptors (Lipinski definition) is 4. The molecule has 0 radical (unpaired) electrons. The van der Waals surface area contributed by atoms with Gasteiger partial charge in [0.1, 0.15) is 6.04 Å². The zero-order valence-electron chi connectivity index (χ0n) is 10.9. The van der Waals surface area contributed by atoms with Crippen molar-refractivity contribution < 1.29 is 19.8 Å². The molecule has 0 saturated carbocycles. The molecule has 1 saturated heterocycles. The van der Waals surface area contributed by atoms with Gasteiger partial charge in [-0.3, -0.25) is 4.79 Å². The largest absolute Gasteiger partial charge is 0.480 e. The van der Waals surface area contributed by atoms with Crippen LogP contribution in [-0.2, 0) is 16.0 Å². The van der Waals surface area contributed by atoms with E-state index in [1.54, 1.807) is 0 Å². The van der Waals surface area contributed by atoms with E-state index in [1.165, 1.54) is 4.90 Å². The first kappa shape index (κ1) is 14.9. The minimum absolute atomic E-state index is 0.0260. The van der Waals surface area contributed by atoms with Crippen molar-refractivity contribution in [2.45, 2.75) is 24.5 Å². The number of rotatable bonds is 4. The van der Waals surface area contributed by atoms with Gasteiger partial charge >= 0.3 is 5.97 Å². The van der Waals surface area contributed by atoms with Crippen molar-refractivity contribution in [2.75, 3.05) is 12.3 Å². The number of thiol groups is 1. The highest BCUT2D eigenvalue weighted by atomic mass is 32.1. The molecule has 1 fully saturated rings. The summed E-state index contributed by atoms with van der Waals surface area (Å²) in [6.45, 7) is 0.0260. The number of aliphatic carboxylic acids is 1. The second-order valence-corrected chi connectivity index (χ2v) is 5.44. The van der Waals surface area contributed by atoms with E-state index in [0.29, 0.717) is 6.42 Å². The van der Waals surface area contributed by atoms with Crippen LogP contribution in [0.1, 0.15) is 12.0 Å². The van der Waals surface area contributed by atoms with Crippen LogP contribution >= 0.6 is 12.6 Å². The summed E-state index contributed by atoms with van der Waals surface area (Å²) in [7, 11) is 0. The average Bonchev–Trinajstić information content (AvgIpc) is 2.77. The molecule has 0 aromatic heterocycles. The molecule has 0 aliphatic carbocycles. The molecule has 5 nitrogen and oxygen atoms in total. The molecule has 2 rings (SSSR count). The number of carbonyl (C=O) groups excluding carboxylic acids is 1. The summed E-state index contributed by atoms with van der Waals surface area (Å²) in [6.07, 6.45) is 0.366. The summed E-state index contributed by atoms with van der Waals surface area (Å²) in [4.78, 5) is 24.2. The molecule has 20 heavy (non-hydrogen) atoms. The van der Waals surface area contributed by atoms with Crippen molar-refractivity contribution in [3.05, 3.63) is 35.9 Å². The highest BCUT2D eigenvalue weighted by molar-refractivity contribution is 7.81. The predicted molar refractivity (Wildman–Crippen MR) is 76.7 cm³/mol. The van der Waals surface area contributed by atoms with Crippen molar-refractivity contribution in [1.82, 2.24) is 4.90 Å². The SMILES string of the molecule is O=C(O)[C@@H]1CC(O)(Cc2ccccc2)CN1C(=O)CS. The predicted octanol–water partition coefficient (Wildman–Crippen LogP) is 0.575. The standard InChI is InChI=1S/C14H17NO4S/c16-12(8-20)15-9-14(19,7-11(15)13(17)18)6-10-4-2-1-3-5-10/h1-5,11,19-20H,6-9H2,(H,17,18)/t11-,14?/m0/s1. The summed E-state index contributed by atoms with van der Waals surface area (Å²) in [5.74, 6) is -1.53. The third kappa shape index (κ3) is 3.13. The molecule has 6 heteroatoms. The average molecular weight is 295 g/mol. The highest BCUT2D eigenvalue weighted by Gasteiger charge is 2.47. The molecule has 108 valence electrons. The van der Waals surface area contributed by atoms with Gasteiger partial charge in [-0.1, -0.05) is 30.3 Å². The van der Waals surface area contributed by atoms with Crippen LogP contribution < -0.4 is 0 Å². The molecule has 0 bridgehead atoms. The third-order valence-electron chi connectivity index (χ3n) is 3.53. The molecule has 1 unspecified atom stereocenters. The Morgan fingerprint density at radius 1 is 1.35 bits per heavy atom. The number of carbonyl (C=O) groups is 2. The van der Waals surface area contributed by atoms with Crippen molar-refractivity contribution in [3.63, 3.8) is 0 Å². The fraction of sp³-hybridized carbons (Fsp3) is 0.429. The maximum Gasteiger partial charge on any atom is 0.326 e. The van der Waals surface area contributed by atoms with Crippen LogP contribution in [0.15, 0.2) is 30.3 Å². The number of carboxylic acid groups (broad SMARTS) is 1. The zero-order valence-corrected chi connectivity index (χ0v) is 11.8. The van der Waals surface area contributed by atoms with Crippen molar-refractivity contribution >= 4 is 24.5 Å². The lowest BCUT2D eigenvalue weighted by Gasteiger charge is -2.23. The van der Waals surface area contributed by atoms with Crippen LogP contribution in [0.4, 0.5) is 0 Å². The fourth-order valence-corrected chi connectivity index (χ4v) is 2.82. The van der Waals surface area contributed by atoms with Gasteiger partial charge in [-0.05, 0) is 5.56 Å². The number of benzene rings is 1. The van der Waals surface area contributed by atoms with Crippen LogP contribution in [0.25, 0.3) is 0 Å². The Morgan fingerprint density at radius 3 is 2.55 bits per heavy atom. The molecule has 2 atom stereocenters. The monoisotopic (exact) mass is 295 g/mol. The van der Waals surface area contributed by atoms with Gasteiger partial charge in [0.15, 0.2) is 0 Å². The van der Waals surface area contributed by atoms with Crippen LogP contribution in [0.3, 0.4) is 0 Å². The lowest BCUT2D eigenvalue weighted by atomic mass is 9.92. The minimum atomic E-state index is -1.21. The van der Waals surface area contributed by atoms with Crippen LogP contribution in [-0.4, -0.2) is 50.9 Å². The lowest BCUT2D eigenvalue weighted by Crippen LogP contribution is -2.42. The molecule has 1 heterocycles. The Labute approximate surface area is 122 Å². The normalized spacial score (nSPS) is 25.7. The number of hydrogen-bond donors (Lipinski definition) is 3. The van der Waals surface area contributed by atoms with E-state index >= 15 is 0 Å². The summed E-state index contributed by atoms with van der Waals surface area (Å²) < 4.78 is 0. The summed E-state index contributed by atoms with van der Waals surface area (Å²) in [6, 6.07) is 8.35. The van der Waals surface area contributed by atoms with E-state index < -0.39 is 17.6 Å². The molecular formula is C14H17NO4S. The first-order valence-electron chi connectivity index (χ1n) is 6.35. The summed E-state index contributed by atoms with van der Waals surface area (Å²) in [5, 5.41) is 19.8. The zero-order chi connectivity index (χ0) is 14.8. The second kappa shape index (κ2) is 5.85. The van der Waals surface area contributed by atoms with E-state index in [9.17, 15) is 19.8 Å². The van der Waals surface area contributed by atoms with Crippen molar-refractivity contribution in [1.29, 1.82) is 0 Å². The maximum atomic E-state index is 11.7. The van der Waals surface area contributed by atoms with E-state index in [0.717, 1.165) is 5.56 Å². The van der Waals surface area contributed by atoms with Gasteiger partial charge in [-0.15, -0.1) is 0 Å². The number of β-amino-alcohol motifs (C(OH)–C–C–N with tert-alkyl or cyclic N) is 1. The highest BCUT2D eigenvalue weighted by Crippen LogP contribution is 2.30. The van der Waals surface area contributed by atoms with Gasteiger partial charge in [0.25, 0.3) is 0 Å². The minimum Gasteiger partial charge on any atom is -0.480 e.